The maximum Gasteiger partial charge on any atom is 0.292 e. The lowest BCUT2D eigenvalue weighted by molar-refractivity contribution is -0.876. The summed E-state index contributed by atoms with van der Waals surface area (Å²) in [4.78, 5) is 34.8. The van der Waals surface area contributed by atoms with E-state index in [0.29, 0.717) is 80.5 Å². The molecule has 0 spiro atoms. The second-order valence-corrected chi connectivity index (χ2v) is 19.8. The number of H-pyrrole nitrogens is 1. The molecule has 0 bridgehead atoms. The van der Waals surface area contributed by atoms with Crippen LogP contribution in [0.15, 0.2) is 90.8 Å². The standard InChI is InChI=1S/C46H52ClN7O8S/c1-46(2)15-11-35(40(26-46)33-4-6-36(47)7-5-33)29-54(58)19-17-52(18-20-54)37-8-9-39(43(25-37)62-38-24-34-12-16-48-44(34)50-28-38)45(55)51-63(59,60)30-32-3-10-41(42(23-32)53(56)57)49-27-31-13-21-61-22-14-31/h3-10,12,16,23-25,28,31,49H,11,13-15,17-22,26-27,29-30H2,1-2H3,(H,48,50)(H,51,55). The number of quaternary nitrogens is 1. The fourth-order valence-corrected chi connectivity index (χ4v) is 9.97. The number of sulfonamides is 1. The molecule has 2 fully saturated rings. The van der Waals surface area contributed by atoms with E-state index in [1.54, 1.807) is 24.4 Å². The Balaban J connectivity index is 0.991. The number of halogens is 1. The Kier molecular flexibility index (Phi) is 12.8. The van der Waals surface area contributed by atoms with Gasteiger partial charge in [0.05, 0.1) is 48.6 Å². The summed E-state index contributed by atoms with van der Waals surface area (Å²) < 4.78 is 40.5. The van der Waals surface area contributed by atoms with Crippen molar-refractivity contribution < 1.29 is 32.3 Å². The van der Waals surface area contributed by atoms with Crippen molar-refractivity contribution in [2.75, 3.05) is 62.7 Å². The van der Waals surface area contributed by atoms with Gasteiger partial charge in [0.1, 0.15) is 29.4 Å². The highest BCUT2D eigenvalue weighted by Gasteiger charge is 2.34. The van der Waals surface area contributed by atoms with Gasteiger partial charge in [-0.25, -0.2) is 18.1 Å². The third-order valence-corrected chi connectivity index (χ3v) is 13.8. The quantitative estimate of drug-likeness (QED) is 0.0418. The zero-order valence-corrected chi connectivity index (χ0v) is 37.0. The van der Waals surface area contributed by atoms with Crippen molar-refractivity contribution in [3.05, 3.63) is 128 Å². The van der Waals surface area contributed by atoms with E-state index >= 15 is 0 Å². The number of nitro benzene ring substituents is 1. The molecule has 332 valence electrons. The number of carbonyl (C=O) groups excluding carboxylic acids is 1. The molecule has 3 N–H and O–H groups in total. The largest absolute Gasteiger partial charge is 0.632 e. The summed E-state index contributed by atoms with van der Waals surface area (Å²) in [5, 5.41) is 31.0. The molecule has 1 aliphatic carbocycles. The van der Waals surface area contributed by atoms with E-state index in [0.717, 1.165) is 43.1 Å². The number of nitro groups is 1. The number of anilines is 2. The lowest BCUT2D eigenvalue weighted by Gasteiger charge is -2.50. The number of fused-ring (bicyclic) bond motifs is 1. The van der Waals surface area contributed by atoms with Crippen LogP contribution in [0.2, 0.25) is 5.02 Å². The first kappa shape index (κ1) is 44.1. The molecule has 3 aliphatic rings. The highest BCUT2D eigenvalue weighted by atomic mass is 35.5. The van der Waals surface area contributed by atoms with E-state index in [1.807, 2.05) is 30.3 Å². The minimum absolute atomic E-state index is 0.0528. The number of aromatic amines is 1. The normalized spacial score (nSPS) is 18.0. The molecule has 5 aromatic rings. The Morgan fingerprint density at radius 2 is 1.83 bits per heavy atom. The van der Waals surface area contributed by atoms with Crippen molar-refractivity contribution in [1.82, 2.24) is 14.7 Å². The van der Waals surface area contributed by atoms with Crippen molar-refractivity contribution in [1.29, 1.82) is 0 Å². The topological polar surface area (TPSA) is 192 Å². The van der Waals surface area contributed by atoms with Gasteiger partial charge in [-0.05, 0) is 108 Å². The highest BCUT2D eigenvalue weighted by molar-refractivity contribution is 7.89. The van der Waals surface area contributed by atoms with Crippen LogP contribution in [-0.4, -0.2) is 86.3 Å². The van der Waals surface area contributed by atoms with Crippen molar-refractivity contribution in [3.63, 3.8) is 0 Å². The predicted octanol–water partition coefficient (Wildman–Crippen LogP) is 8.81. The van der Waals surface area contributed by atoms with Gasteiger partial charge in [0.2, 0.25) is 10.0 Å². The van der Waals surface area contributed by atoms with Crippen LogP contribution in [0.3, 0.4) is 0 Å². The number of hydroxylamine groups is 3. The molecule has 0 saturated carbocycles. The molecular formula is C46H52ClN7O8S. The summed E-state index contributed by atoms with van der Waals surface area (Å²) in [6.07, 6.45) is 7.69. The molecule has 2 saturated heterocycles. The molecule has 4 heterocycles. The van der Waals surface area contributed by atoms with E-state index in [1.165, 1.54) is 41.6 Å². The summed E-state index contributed by atoms with van der Waals surface area (Å²) in [5.41, 5.74) is 5.11. The van der Waals surface area contributed by atoms with Crippen molar-refractivity contribution in [3.8, 4) is 11.5 Å². The van der Waals surface area contributed by atoms with E-state index in [2.05, 4.69) is 38.8 Å². The predicted molar refractivity (Wildman–Crippen MR) is 244 cm³/mol. The highest BCUT2D eigenvalue weighted by Crippen LogP contribution is 2.44. The molecular weight excluding hydrogens is 846 g/mol. The maximum absolute atomic E-state index is 14.4. The number of rotatable bonds is 14. The van der Waals surface area contributed by atoms with Gasteiger partial charge in [0.25, 0.3) is 11.6 Å². The number of amides is 1. The van der Waals surface area contributed by atoms with Gasteiger partial charge < -0.3 is 34.5 Å². The minimum Gasteiger partial charge on any atom is -0.632 e. The van der Waals surface area contributed by atoms with Gasteiger partial charge >= 0.3 is 0 Å². The maximum atomic E-state index is 14.4. The Labute approximate surface area is 371 Å². The summed E-state index contributed by atoms with van der Waals surface area (Å²) >= 11 is 6.22. The van der Waals surface area contributed by atoms with Gasteiger partial charge in [0.15, 0.2) is 0 Å². The molecule has 63 heavy (non-hydrogen) atoms. The molecule has 1 amide bonds. The second kappa shape index (κ2) is 18.3. The first-order valence-corrected chi connectivity index (χ1v) is 23.3. The number of piperazine rings is 1. The molecule has 3 aromatic carbocycles. The van der Waals surface area contributed by atoms with Crippen molar-refractivity contribution in [2.24, 2.45) is 11.3 Å². The number of allylic oxidation sites excluding steroid dienone is 1. The van der Waals surface area contributed by atoms with Gasteiger partial charge in [-0.3, -0.25) is 14.9 Å². The third-order valence-electron chi connectivity index (χ3n) is 12.4. The third kappa shape index (κ3) is 10.8. The van der Waals surface area contributed by atoms with Gasteiger partial charge in [-0.2, -0.15) is 0 Å². The summed E-state index contributed by atoms with van der Waals surface area (Å²) in [6.45, 7) is 8.33. The Morgan fingerprint density at radius 1 is 1.06 bits per heavy atom. The van der Waals surface area contributed by atoms with Crippen molar-refractivity contribution in [2.45, 2.75) is 51.7 Å². The molecule has 2 aliphatic heterocycles. The number of aromatic nitrogens is 2. The van der Waals surface area contributed by atoms with Gasteiger partial charge in [0, 0.05) is 54.2 Å². The average Bonchev–Trinajstić information content (AvgIpc) is 3.72. The first-order chi connectivity index (χ1) is 30.1. The smallest absolute Gasteiger partial charge is 0.292 e. The SMILES string of the molecule is CC1(C)CCC(C[N+]2([O-])CCN(c3ccc(C(=O)NS(=O)(=O)Cc4ccc(NCC5CCOCC5)c([N+](=O)[O-])c4)c(Oc4cnc5[nH]ccc5c4)c3)CC2)=C(c2ccc(Cl)cc2)C1. The van der Waals surface area contributed by atoms with Crippen LogP contribution in [0.1, 0.15) is 67.4 Å². The van der Waals surface area contributed by atoms with Crippen LogP contribution in [0.5, 0.6) is 11.5 Å². The van der Waals surface area contributed by atoms with Crippen LogP contribution in [0.4, 0.5) is 17.1 Å². The van der Waals surface area contributed by atoms with Crippen LogP contribution in [0.25, 0.3) is 16.6 Å². The number of carbonyl (C=O) groups is 1. The van der Waals surface area contributed by atoms with Crippen LogP contribution >= 0.6 is 11.6 Å². The monoisotopic (exact) mass is 897 g/mol. The zero-order chi connectivity index (χ0) is 44.4. The Morgan fingerprint density at radius 3 is 2.57 bits per heavy atom. The summed E-state index contributed by atoms with van der Waals surface area (Å²) in [5.74, 6) is -0.905. The Hall–Kier alpha value is -5.52. The van der Waals surface area contributed by atoms with E-state index in [-0.39, 0.29) is 38.3 Å². The van der Waals surface area contributed by atoms with Crippen molar-refractivity contribution >= 4 is 61.2 Å². The number of nitrogens with zero attached hydrogens (tertiary/aromatic N) is 4. The molecule has 0 atom stereocenters. The van der Waals surface area contributed by atoms with Crippen LogP contribution in [0, 0.1) is 26.7 Å². The fourth-order valence-electron chi connectivity index (χ4n) is 8.76. The summed E-state index contributed by atoms with van der Waals surface area (Å²) in [6, 6.07) is 20.5. The number of hydrogen-bond donors (Lipinski definition) is 3. The number of hydrogen-bond acceptors (Lipinski definition) is 11. The minimum atomic E-state index is -4.35. The Bertz CT molecular complexity index is 2640. The van der Waals surface area contributed by atoms with Crippen LogP contribution < -0.4 is 19.7 Å². The molecule has 2 aromatic heterocycles. The van der Waals surface area contributed by atoms with Crippen LogP contribution in [-0.2, 0) is 20.5 Å². The number of ether oxygens (including phenoxy) is 2. The molecule has 8 rings (SSSR count). The average molecular weight is 898 g/mol. The number of nitrogens with one attached hydrogen (secondary N) is 3. The van der Waals surface area contributed by atoms with Gasteiger partial charge in [-0.15, -0.1) is 0 Å². The van der Waals surface area contributed by atoms with Gasteiger partial charge in [-0.1, -0.05) is 43.6 Å². The number of benzene rings is 3. The molecule has 15 nitrogen and oxygen atoms in total. The first-order valence-electron chi connectivity index (χ1n) is 21.3. The number of pyridine rings is 1. The summed E-state index contributed by atoms with van der Waals surface area (Å²) in [7, 11) is -4.35. The van der Waals surface area contributed by atoms with E-state index in [4.69, 9.17) is 21.1 Å². The van der Waals surface area contributed by atoms with E-state index < -0.39 is 26.6 Å². The van der Waals surface area contributed by atoms with E-state index in [9.17, 15) is 28.5 Å². The zero-order valence-electron chi connectivity index (χ0n) is 35.4. The lowest BCUT2D eigenvalue weighted by Crippen LogP contribution is -2.57. The second-order valence-electron chi connectivity index (χ2n) is 17.7. The fraction of sp³-hybridized carbons (Fsp3) is 0.391. The molecule has 17 heteroatoms. The lowest BCUT2D eigenvalue weighted by atomic mass is 9.72. The molecule has 0 radical (unpaired) electrons. The molecule has 0 unspecified atom stereocenters.